The average molecular weight is 208 g/mol. The maximum absolute atomic E-state index is 11.5. The first-order valence-corrected chi connectivity index (χ1v) is 5.10. The lowest BCUT2D eigenvalue weighted by atomic mass is 9.96. The monoisotopic (exact) mass is 208 g/mol. The Labute approximate surface area is 95.1 Å². The number of fused-ring (bicyclic) bond motifs is 3. The van der Waals surface area contributed by atoms with Crippen LogP contribution >= 0.6 is 0 Å². The second-order valence-corrected chi connectivity index (χ2v) is 3.45. The van der Waals surface area contributed by atoms with Gasteiger partial charge >= 0.3 is 0 Å². The van der Waals surface area contributed by atoms with E-state index in [1.807, 2.05) is 36.4 Å². The van der Waals surface area contributed by atoms with Crippen LogP contribution in [0.3, 0.4) is 0 Å². The third-order valence-corrected chi connectivity index (χ3v) is 2.62. The molecule has 0 aromatic heterocycles. The molecule has 0 fully saturated rings. The summed E-state index contributed by atoms with van der Waals surface area (Å²) in [7, 11) is 0. The molecule has 0 bridgehead atoms. The molecule has 1 aromatic rings. The van der Waals surface area contributed by atoms with Crippen LogP contribution in [0.4, 0.5) is 0 Å². The van der Waals surface area contributed by atoms with Crippen molar-refractivity contribution in [3.8, 4) is 0 Å². The smallest absolute Gasteiger partial charge is 0.186 e. The maximum Gasteiger partial charge on any atom is 0.186 e. The molecule has 3 rings (SSSR count). The fourth-order valence-electron chi connectivity index (χ4n) is 1.95. The minimum absolute atomic E-state index is 0.110. The summed E-state index contributed by atoms with van der Waals surface area (Å²) in [6, 6.07) is 8.08. The lowest BCUT2D eigenvalue weighted by Crippen LogP contribution is -2.00. The highest BCUT2D eigenvalue weighted by atomic mass is 16.1. The average Bonchev–Trinajstić information content (AvgIpc) is 2.72. The molecule has 0 saturated carbocycles. The van der Waals surface area contributed by atoms with Gasteiger partial charge in [0.05, 0.1) is 0 Å². The van der Waals surface area contributed by atoms with E-state index in [9.17, 15) is 4.79 Å². The van der Waals surface area contributed by atoms with E-state index in [4.69, 9.17) is 0 Å². The third-order valence-electron chi connectivity index (χ3n) is 2.62. The van der Waals surface area contributed by atoms with Gasteiger partial charge in [0.2, 0.25) is 0 Å². The summed E-state index contributed by atoms with van der Waals surface area (Å²) < 4.78 is 0. The molecule has 0 spiro atoms. The predicted octanol–water partition coefficient (Wildman–Crippen LogP) is 3.41. The Bertz CT molecular complexity index is 530. The molecule has 1 nitrogen and oxygen atoms in total. The van der Waals surface area contributed by atoms with Gasteiger partial charge in [-0.15, -0.1) is 13.2 Å². The molecule has 0 saturated heterocycles. The van der Waals surface area contributed by atoms with Crippen molar-refractivity contribution in [1.82, 2.24) is 0 Å². The van der Waals surface area contributed by atoms with Gasteiger partial charge < -0.3 is 0 Å². The fourth-order valence-corrected chi connectivity index (χ4v) is 1.95. The van der Waals surface area contributed by atoms with E-state index < -0.39 is 0 Å². The van der Waals surface area contributed by atoms with Gasteiger partial charge in [-0.05, 0) is 28.9 Å². The number of hydrogen-bond acceptors (Lipinski definition) is 1. The van der Waals surface area contributed by atoms with Crippen LogP contribution in [-0.4, -0.2) is 5.78 Å². The molecular formula is C15H12O. The van der Waals surface area contributed by atoms with Gasteiger partial charge in [-0.25, -0.2) is 0 Å². The van der Waals surface area contributed by atoms with E-state index in [0.29, 0.717) is 0 Å². The van der Waals surface area contributed by atoms with Crippen molar-refractivity contribution in [3.63, 3.8) is 0 Å². The Morgan fingerprint density at radius 3 is 2.56 bits per heavy atom. The predicted molar refractivity (Wildman–Crippen MR) is 67.8 cm³/mol. The molecule has 0 N–H and O–H groups in total. The number of benzene rings is 1. The zero-order chi connectivity index (χ0) is 11.5. The highest BCUT2D eigenvalue weighted by Gasteiger charge is 2.23. The third kappa shape index (κ3) is 1.47. The van der Waals surface area contributed by atoms with Gasteiger partial charge in [-0.1, -0.05) is 36.4 Å². The second-order valence-electron chi connectivity index (χ2n) is 3.45. The molecule has 0 unspecified atom stereocenters. The number of ketones is 1. The summed E-state index contributed by atoms with van der Waals surface area (Å²) in [4.78, 5) is 11.5. The van der Waals surface area contributed by atoms with Crippen LogP contribution in [-0.2, 0) is 4.79 Å². The first kappa shape index (κ1) is 10.4. The number of rotatable bonds is 0. The highest BCUT2D eigenvalue weighted by Crippen LogP contribution is 2.37. The van der Waals surface area contributed by atoms with Gasteiger partial charge in [0.1, 0.15) is 0 Å². The molecule has 16 heavy (non-hydrogen) atoms. The minimum Gasteiger partial charge on any atom is -0.289 e. The van der Waals surface area contributed by atoms with Crippen molar-refractivity contribution in [1.29, 1.82) is 0 Å². The molecule has 0 atom stereocenters. The van der Waals surface area contributed by atoms with Crippen LogP contribution in [0, 0.1) is 0 Å². The van der Waals surface area contributed by atoms with Crippen molar-refractivity contribution in [2.24, 2.45) is 0 Å². The molecule has 0 radical (unpaired) electrons. The van der Waals surface area contributed by atoms with Gasteiger partial charge in [0.25, 0.3) is 0 Å². The first-order chi connectivity index (χ1) is 7.86. The quantitative estimate of drug-likeness (QED) is 0.597. The number of carbonyl (C=O) groups excluding carboxylic acids is 1. The molecule has 78 valence electrons. The van der Waals surface area contributed by atoms with Gasteiger partial charge in [-0.3, -0.25) is 4.79 Å². The molecular weight excluding hydrogens is 196 g/mol. The van der Waals surface area contributed by atoms with Gasteiger partial charge in [-0.2, -0.15) is 0 Å². The normalized spacial score (nSPS) is 15.4. The van der Waals surface area contributed by atoms with Crippen molar-refractivity contribution in [2.75, 3.05) is 0 Å². The van der Waals surface area contributed by atoms with Gasteiger partial charge in [0.15, 0.2) is 5.78 Å². The van der Waals surface area contributed by atoms with Crippen LogP contribution < -0.4 is 0 Å². The van der Waals surface area contributed by atoms with Crippen molar-refractivity contribution in [3.05, 3.63) is 72.4 Å². The number of carbonyl (C=O) groups is 1. The summed E-state index contributed by atoms with van der Waals surface area (Å²) in [6.45, 7) is 6.00. The zero-order valence-electron chi connectivity index (χ0n) is 8.94. The van der Waals surface area contributed by atoms with E-state index in [1.165, 1.54) is 5.56 Å². The SMILES string of the molecule is C=C.O=C1C=CC=C2C1=Cc1ccccc12. The van der Waals surface area contributed by atoms with Crippen LogP contribution in [0.5, 0.6) is 0 Å². The van der Waals surface area contributed by atoms with Crippen LogP contribution in [0.1, 0.15) is 11.1 Å². The molecule has 0 amide bonds. The maximum atomic E-state index is 11.5. The first-order valence-electron chi connectivity index (χ1n) is 5.10. The van der Waals surface area contributed by atoms with E-state index in [2.05, 4.69) is 19.2 Å². The van der Waals surface area contributed by atoms with E-state index in [1.54, 1.807) is 6.08 Å². The summed E-state index contributed by atoms with van der Waals surface area (Å²) >= 11 is 0. The minimum atomic E-state index is 0.110. The molecule has 2 aliphatic rings. The summed E-state index contributed by atoms with van der Waals surface area (Å²) in [5.41, 5.74) is 4.20. The topological polar surface area (TPSA) is 17.1 Å². The van der Waals surface area contributed by atoms with E-state index in [-0.39, 0.29) is 5.78 Å². The van der Waals surface area contributed by atoms with Crippen LogP contribution in [0.25, 0.3) is 11.6 Å². The molecule has 2 aliphatic carbocycles. The highest BCUT2D eigenvalue weighted by molar-refractivity contribution is 6.23. The molecule has 0 heterocycles. The van der Waals surface area contributed by atoms with Crippen molar-refractivity contribution < 1.29 is 4.79 Å². The Balaban J connectivity index is 0.000000457. The Morgan fingerprint density at radius 2 is 1.75 bits per heavy atom. The summed E-state index contributed by atoms with van der Waals surface area (Å²) in [5.74, 6) is 0.110. The Kier molecular flexibility index (Phi) is 2.69. The Hall–Kier alpha value is -2.15. The van der Waals surface area contributed by atoms with Crippen molar-refractivity contribution >= 4 is 17.4 Å². The number of allylic oxidation sites excluding steroid dienone is 5. The number of hydrogen-bond donors (Lipinski definition) is 0. The van der Waals surface area contributed by atoms with Gasteiger partial charge in [0, 0.05) is 5.57 Å². The largest absolute Gasteiger partial charge is 0.289 e. The fraction of sp³-hybridized carbons (Fsp3) is 0. The summed E-state index contributed by atoms with van der Waals surface area (Å²) in [6.07, 6.45) is 7.39. The second kappa shape index (κ2) is 4.15. The molecule has 1 aromatic carbocycles. The Morgan fingerprint density at radius 1 is 1.00 bits per heavy atom. The lowest BCUT2D eigenvalue weighted by molar-refractivity contribution is -0.110. The molecule has 1 heteroatoms. The standard InChI is InChI=1S/C13H8O.C2H4/c14-13-7-3-6-11-10-5-2-1-4-9(10)8-12(11)13;1-2/h1-8H;1-2H2. The van der Waals surface area contributed by atoms with Crippen LogP contribution in [0.2, 0.25) is 0 Å². The summed E-state index contributed by atoms with van der Waals surface area (Å²) in [5, 5.41) is 0. The van der Waals surface area contributed by atoms with E-state index >= 15 is 0 Å². The van der Waals surface area contributed by atoms with Crippen LogP contribution in [0.15, 0.2) is 61.2 Å². The zero-order valence-corrected chi connectivity index (χ0v) is 8.94. The molecule has 0 aliphatic heterocycles. The van der Waals surface area contributed by atoms with Crippen molar-refractivity contribution in [2.45, 2.75) is 0 Å². The lowest BCUT2D eigenvalue weighted by Gasteiger charge is -2.06. The van der Waals surface area contributed by atoms with E-state index in [0.717, 1.165) is 16.7 Å².